The summed E-state index contributed by atoms with van der Waals surface area (Å²) in [6.45, 7) is 5.96. The van der Waals surface area contributed by atoms with Crippen LogP contribution in [0.2, 0.25) is 0 Å². The number of nitriles is 1. The summed E-state index contributed by atoms with van der Waals surface area (Å²) in [4.78, 5) is 26.6. The van der Waals surface area contributed by atoms with Gasteiger partial charge in [0.25, 0.3) is 11.8 Å². The second-order valence-corrected chi connectivity index (χ2v) is 7.62. The Bertz CT molecular complexity index is 1100. The number of methoxy groups -OCH3 is 1. The SMILES string of the molecule is COc1cc(/C=C(\C#N)C(=O)Nc2ccc(C)c(C)c2)ccc1OCC(=O)N1CCOCC1. The Morgan fingerprint density at radius 2 is 1.88 bits per heavy atom. The number of carbonyl (C=O) groups excluding carboxylic acids is 2. The van der Waals surface area contributed by atoms with Crippen LogP contribution in [0.1, 0.15) is 16.7 Å². The molecule has 8 heteroatoms. The van der Waals surface area contributed by atoms with E-state index in [2.05, 4.69) is 5.32 Å². The summed E-state index contributed by atoms with van der Waals surface area (Å²) >= 11 is 0. The van der Waals surface area contributed by atoms with Gasteiger partial charge in [-0.3, -0.25) is 9.59 Å². The van der Waals surface area contributed by atoms with Gasteiger partial charge in [-0.05, 0) is 60.9 Å². The Balaban J connectivity index is 1.69. The molecule has 2 aromatic carbocycles. The van der Waals surface area contributed by atoms with Gasteiger partial charge in [-0.25, -0.2) is 0 Å². The largest absolute Gasteiger partial charge is 0.493 e. The Hall–Kier alpha value is -3.83. The molecule has 1 aliphatic heterocycles. The number of carbonyl (C=O) groups is 2. The monoisotopic (exact) mass is 449 g/mol. The van der Waals surface area contributed by atoms with E-state index >= 15 is 0 Å². The lowest BCUT2D eigenvalue weighted by Crippen LogP contribution is -2.43. The van der Waals surface area contributed by atoms with E-state index in [9.17, 15) is 14.9 Å². The number of amides is 2. The zero-order chi connectivity index (χ0) is 23.8. The molecular formula is C25H27N3O5. The number of aryl methyl sites for hydroxylation is 2. The molecular weight excluding hydrogens is 422 g/mol. The number of ether oxygens (including phenoxy) is 3. The highest BCUT2D eigenvalue weighted by molar-refractivity contribution is 6.09. The zero-order valence-electron chi connectivity index (χ0n) is 19.0. The molecule has 2 aromatic rings. The molecule has 0 atom stereocenters. The van der Waals surface area contributed by atoms with Gasteiger partial charge in [-0.2, -0.15) is 5.26 Å². The van der Waals surface area contributed by atoms with Crippen LogP contribution in [0.4, 0.5) is 5.69 Å². The molecule has 0 saturated carbocycles. The van der Waals surface area contributed by atoms with Crippen molar-refractivity contribution in [3.8, 4) is 17.6 Å². The van der Waals surface area contributed by atoms with Crippen molar-refractivity contribution in [2.45, 2.75) is 13.8 Å². The molecule has 2 amide bonds. The van der Waals surface area contributed by atoms with E-state index in [1.165, 1.54) is 13.2 Å². The van der Waals surface area contributed by atoms with E-state index < -0.39 is 5.91 Å². The second-order valence-electron chi connectivity index (χ2n) is 7.62. The first-order valence-electron chi connectivity index (χ1n) is 10.6. The van der Waals surface area contributed by atoms with Gasteiger partial charge in [0.1, 0.15) is 11.6 Å². The number of anilines is 1. The van der Waals surface area contributed by atoms with Crippen LogP contribution in [0, 0.1) is 25.2 Å². The molecule has 172 valence electrons. The average molecular weight is 450 g/mol. The van der Waals surface area contributed by atoms with Crippen molar-refractivity contribution < 1.29 is 23.8 Å². The average Bonchev–Trinajstić information content (AvgIpc) is 2.84. The molecule has 0 bridgehead atoms. The first-order chi connectivity index (χ1) is 15.9. The van der Waals surface area contributed by atoms with Gasteiger partial charge in [-0.15, -0.1) is 0 Å². The fraction of sp³-hybridized carbons (Fsp3) is 0.320. The van der Waals surface area contributed by atoms with Crippen LogP contribution >= 0.6 is 0 Å². The van der Waals surface area contributed by atoms with Gasteiger partial charge in [0, 0.05) is 18.8 Å². The topological polar surface area (TPSA) is 101 Å². The summed E-state index contributed by atoms with van der Waals surface area (Å²) in [5, 5.41) is 12.2. The summed E-state index contributed by atoms with van der Waals surface area (Å²) in [7, 11) is 1.48. The maximum atomic E-state index is 12.6. The normalized spacial score (nSPS) is 13.8. The Morgan fingerprint density at radius 3 is 2.55 bits per heavy atom. The van der Waals surface area contributed by atoms with E-state index in [1.807, 2.05) is 32.0 Å². The van der Waals surface area contributed by atoms with Gasteiger partial charge in [0.05, 0.1) is 20.3 Å². The van der Waals surface area contributed by atoms with Gasteiger partial charge >= 0.3 is 0 Å². The highest BCUT2D eigenvalue weighted by Crippen LogP contribution is 2.29. The van der Waals surface area contributed by atoms with Crippen molar-refractivity contribution in [1.82, 2.24) is 4.90 Å². The third-order valence-corrected chi connectivity index (χ3v) is 5.34. The molecule has 0 aliphatic carbocycles. The predicted molar refractivity (Wildman–Crippen MR) is 124 cm³/mol. The van der Waals surface area contributed by atoms with Crippen LogP contribution in [-0.4, -0.2) is 56.7 Å². The van der Waals surface area contributed by atoms with E-state index in [0.29, 0.717) is 49.1 Å². The fourth-order valence-corrected chi connectivity index (χ4v) is 3.27. The highest BCUT2D eigenvalue weighted by atomic mass is 16.5. The standard InChI is InChI=1S/C25H27N3O5/c1-17-4-6-21(12-18(17)2)27-25(30)20(15-26)13-19-5-7-22(23(14-19)31-3)33-16-24(29)28-8-10-32-11-9-28/h4-7,12-14H,8-11,16H2,1-3H3,(H,27,30)/b20-13+. The maximum Gasteiger partial charge on any atom is 0.266 e. The van der Waals surface area contributed by atoms with E-state index in [0.717, 1.165) is 11.1 Å². The first-order valence-corrected chi connectivity index (χ1v) is 10.6. The molecule has 8 nitrogen and oxygen atoms in total. The minimum Gasteiger partial charge on any atom is -0.493 e. The molecule has 0 spiro atoms. The van der Waals surface area contributed by atoms with Crippen LogP contribution < -0.4 is 14.8 Å². The molecule has 1 heterocycles. The zero-order valence-corrected chi connectivity index (χ0v) is 19.0. The minimum absolute atomic E-state index is 0.0496. The Morgan fingerprint density at radius 1 is 1.12 bits per heavy atom. The van der Waals surface area contributed by atoms with Gasteiger partial charge in [0.15, 0.2) is 18.1 Å². The summed E-state index contributed by atoms with van der Waals surface area (Å²) in [6, 6.07) is 12.5. The molecule has 1 aliphatic rings. The van der Waals surface area contributed by atoms with Crippen molar-refractivity contribution in [2.75, 3.05) is 45.3 Å². The van der Waals surface area contributed by atoms with Crippen LogP contribution in [0.25, 0.3) is 6.08 Å². The summed E-state index contributed by atoms with van der Waals surface area (Å²) in [5.74, 6) is 0.162. The Kier molecular flexibility index (Phi) is 8.06. The predicted octanol–water partition coefficient (Wildman–Crippen LogP) is 3.10. The first kappa shape index (κ1) is 23.8. The van der Waals surface area contributed by atoms with Gasteiger partial charge in [0.2, 0.25) is 0 Å². The van der Waals surface area contributed by atoms with Crippen LogP contribution in [0.5, 0.6) is 11.5 Å². The number of nitrogens with zero attached hydrogens (tertiary/aromatic N) is 2. The molecule has 0 unspecified atom stereocenters. The van der Waals surface area contributed by atoms with Crippen molar-refractivity contribution in [3.63, 3.8) is 0 Å². The molecule has 33 heavy (non-hydrogen) atoms. The number of rotatable bonds is 7. The van der Waals surface area contributed by atoms with E-state index in [4.69, 9.17) is 14.2 Å². The lowest BCUT2D eigenvalue weighted by atomic mass is 10.1. The summed E-state index contributed by atoms with van der Waals surface area (Å²) in [5.41, 5.74) is 3.32. The van der Waals surface area contributed by atoms with Crippen LogP contribution in [0.15, 0.2) is 42.0 Å². The van der Waals surface area contributed by atoms with Crippen LogP contribution in [0.3, 0.4) is 0 Å². The Labute approximate surface area is 193 Å². The molecule has 1 N–H and O–H groups in total. The van der Waals surface area contributed by atoms with Gasteiger partial charge < -0.3 is 24.4 Å². The van der Waals surface area contributed by atoms with Crippen LogP contribution in [-0.2, 0) is 14.3 Å². The number of nitrogens with one attached hydrogen (secondary N) is 1. The summed E-state index contributed by atoms with van der Waals surface area (Å²) < 4.78 is 16.3. The maximum absolute atomic E-state index is 12.6. The number of morpholine rings is 1. The summed E-state index contributed by atoms with van der Waals surface area (Å²) in [6.07, 6.45) is 1.47. The third-order valence-electron chi connectivity index (χ3n) is 5.34. The quantitative estimate of drug-likeness (QED) is 0.515. The van der Waals surface area contributed by atoms with Crippen molar-refractivity contribution in [1.29, 1.82) is 5.26 Å². The number of hydrogen-bond donors (Lipinski definition) is 1. The third kappa shape index (κ3) is 6.34. The minimum atomic E-state index is -0.504. The van der Waals surface area contributed by atoms with E-state index in [1.54, 1.807) is 29.2 Å². The lowest BCUT2D eigenvalue weighted by molar-refractivity contribution is -0.137. The van der Waals surface area contributed by atoms with E-state index in [-0.39, 0.29) is 18.1 Å². The molecule has 0 radical (unpaired) electrons. The molecule has 0 aromatic heterocycles. The van der Waals surface area contributed by atoms with Crippen molar-refractivity contribution in [2.24, 2.45) is 0 Å². The fourth-order valence-electron chi connectivity index (χ4n) is 3.27. The van der Waals surface area contributed by atoms with Crippen molar-refractivity contribution in [3.05, 3.63) is 58.7 Å². The molecule has 1 saturated heterocycles. The second kappa shape index (κ2) is 11.2. The van der Waals surface area contributed by atoms with Crippen molar-refractivity contribution >= 4 is 23.6 Å². The molecule has 1 fully saturated rings. The smallest absolute Gasteiger partial charge is 0.266 e. The highest BCUT2D eigenvalue weighted by Gasteiger charge is 2.18. The number of hydrogen-bond acceptors (Lipinski definition) is 6. The number of benzene rings is 2. The lowest BCUT2D eigenvalue weighted by Gasteiger charge is -2.26. The van der Waals surface area contributed by atoms with Gasteiger partial charge in [-0.1, -0.05) is 12.1 Å². The molecule has 3 rings (SSSR count).